The van der Waals surface area contributed by atoms with Gasteiger partial charge in [-0.15, -0.1) is 0 Å². The first-order valence-corrected chi connectivity index (χ1v) is 6.97. The molecule has 1 aliphatic heterocycles. The molecule has 2 N–H and O–H groups in total. The maximum Gasteiger partial charge on any atom is 0.244 e. The molecule has 1 amide bonds. The fourth-order valence-corrected chi connectivity index (χ4v) is 2.65. The number of nitrogens with two attached hydrogens (primary N) is 1. The van der Waals surface area contributed by atoms with Gasteiger partial charge >= 0.3 is 0 Å². The Kier molecular flexibility index (Phi) is 3.83. The number of nitrogens with zero attached hydrogens (tertiary/aromatic N) is 3. The quantitative estimate of drug-likeness (QED) is 0.901. The van der Waals surface area contributed by atoms with Crippen LogP contribution < -0.4 is 5.73 Å². The van der Waals surface area contributed by atoms with Gasteiger partial charge in [0, 0.05) is 13.1 Å². The Labute approximate surface area is 114 Å². The van der Waals surface area contributed by atoms with Crippen molar-refractivity contribution in [3.8, 4) is 0 Å². The number of likely N-dealkylation sites (tertiary alicyclic amines) is 1. The van der Waals surface area contributed by atoms with Crippen LogP contribution in [0, 0.1) is 25.7 Å². The van der Waals surface area contributed by atoms with Gasteiger partial charge in [0.15, 0.2) is 0 Å². The molecule has 1 saturated heterocycles. The minimum absolute atomic E-state index is 0.147. The van der Waals surface area contributed by atoms with E-state index in [1.165, 1.54) is 0 Å². The Bertz CT molecular complexity index is 478. The molecule has 19 heavy (non-hydrogen) atoms. The monoisotopic (exact) mass is 264 g/mol. The summed E-state index contributed by atoms with van der Waals surface area (Å²) in [6.45, 7) is 10.3. The molecule has 1 aromatic heterocycles. The third-order valence-electron chi connectivity index (χ3n) is 4.24. The van der Waals surface area contributed by atoms with Crippen molar-refractivity contribution in [2.24, 2.45) is 11.8 Å². The second kappa shape index (κ2) is 5.23. The van der Waals surface area contributed by atoms with Crippen LogP contribution in [0.25, 0.3) is 0 Å². The molecule has 5 heteroatoms. The summed E-state index contributed by atoms with van der Waals surface area (Å²) < 4.78 is 1.72. The minimum Gasteiger partial charge on any atom is -0.396 e. The summed E-state index contributed by atoms with van der Waals surface area (Å²) >= 11 is 0. The molecule has 0 radical (unpaired) electrons. The maximum absolute atomic E-state index is 12.3. The summed E-state index contributed by atoms with van der Waals surface area (Å²) in [5.41, 5.74) is 8.25. The highest BCUT2D eigenvalue weighted by Crippen LogP contribution is 2.24. The first-order valence-electron chi connectivity index (χ1n) is 6.97. The molecule has 5 nitrogen and oxygen atoms in total. The standard InChI is InChI=1S/C14H24N4O/c1-9(2)12-5-6-17(7-12)13(19)8-18-11(4)14(15)10(3)16-18/h9,12H,5-8,15H2,1-4H3. The lowest BCUT2D eigenvalue weighted by Crippen LogP contribution is -2.33. The van der Waals surface area contributed by atoms with Gasteiger partial charge in [0.25, 0.3) is 0 Å². The predicted molar refractivity (Wildman–Crippen MR) is 75.6 cm³/mol. The van der Waals surface area contributed by atoms with Crippen molar-refractivity contribution < 1.29 is 4.79 Å². The highest BCUT2D eigenvalue weighted by atomic mass is 16.2. The molecule has 1 atom stereocenters. The number of amides is 1. The summed E-state index contributed by atoms with van der Waals surface area (Å²) in [6.07, 6.45) is 1.11. The number of aryl methyl sites for hydroxylation is 1. The van der Waals surface area contributed by atoms with E-state index in [2.05, 4.69) is 18.9 Å². The lowest BCUT2D eigenvalue weighted by atomic mass is 9.95. The highest BCUT2D eigenvalue weighted by Gasteiger charge is 2.28. The highest BCUT2D eigenvalue weighted by molar-refractivity contribution is 5.76. The molecule has 0 aromatic carbocycles. The number of anilines is 1. The molecule has 106 valence electrons. The van der Waals surface area contributed by atoms with Gasteiger partial charge in [0.05, 0.1) is 17.1 Å². The smallest absolute Gasteiger partial charge is 0.244 e. The third-order valence-corrected chi connectivity index (χ3v) is 4.24. The van der Waals surface area contributed by atoms with Gasteiger partial charge in [-0.2, -0.15) is 5.10 Å². The molecule has 2 rings (SSSR count). The Morgan fingerprint density at radius 1 is 1.47 bits per heavy atom. The molecule has 0 bridgehead atoms. The van der Waals surface area contributed by atoms with Gasteiger partial charge in [0.2, 0.25) is 5.91 Å². The average molecular weight is 264 g/mol. The van der Waals surface area contributed by atoms with E-state index in [4.69, 9.17) is 5.73 Å². The summed E-state index contributed by atoms with van der Waals surface area (Å²) in [5.74, 6) is 1.42. The zero-order valence-corrected chi connectivity index (χ0v) is 12.3. The zero-order chi connectivity index (χ0) is 14.2. The number of hydrogen-bond acceptors (Lipinski definition) is 3. The van der Waals surface area contributed by atoms with Crippen molar-refractivity contribution in [1.29, 1.82) is 0 Å². The molecule has 1 aliphatic rings. The number of hydrogen-bond donors (Lipinski definition) is 1. The van der Waals surface area contributed by atoms with Gasteiger partial charge in [-0.25, -0.2) is 0 Å². The summed E-state index contributed by atoms with van der Waals surface area (Å²) in [6, 6.07) is 0. The van der Waals surface area contributed by atoms with Crippen molar-refractivity contribution in [3.63, 3.8) is 0 Å². The van der Waals surface area contributed by atoms with Crippen LogP contribution in [0.5, 0.6) is 0 Å². The van der Waals surface area contributed by atoms with Crippen LogP contribution >= 0.6 is 0 Å². The van der Waals surface area contributed by atoms with Gasteiger partial charge < -0.3 is 10.6 Å². The van der Waals surface area contributed by atoms with Crippen molar-refractivity contribution in [3.05, 3.63) is 11.4 Å². The van der Waals surface area contributed by atoms with Crippen LogP contribution in [0.4, 0.5) is 5.69 Å². The van der Waals surface area contributed by atoms with Gasteiger partial charge in [-0.05, 0) is 32.1 Å². The van der Waals surface area contributed by atoms with E-state index < -0.39 is 0 Å². The average Bonchev–Trinajstić information content (AvgIpc) is 2.92. The van der Waals surface area contributed by atoms with Crippen LogP contribution in [0.1, 0.15) is 31.7 Å². The molecule has 0 aliphatic carbocycles. The summed E-state index contributed by atoms with van der Waals surface area (Å²) in [5, 5.41) is 4.32. The first kappa shape index (κ1) is 13.9. The number of carbonyl (C=O) groups excluding carboxylic acids is 1. The van der Waals surface area contributed by atoms with Crippen molar-refractivity contribution in [1.82, 2.24) is 14.7 Å². The Morgan fingerprint density at radius 2 is 2.16 bits per heavy atom. The van der Waals surface area contributed by atoms with Crippen molar-refractivity contribution in [2.75, 3.05) is 18.8 Å². The van der Waals surface area contributed by atoms with Gasteiger partial charge in [0.1, 0.15) is 6.54 Å². The van der Waals surface area contributed by atoms with Crippen molar-refractivity contribution >= 4 is 11.6 Å². The lowest BCUT2D eigenvalue weighted by molar-refractivity contribution is -0.131. The van der Waals surface area contributed by atoms with Crippen molar-refractivity contribution in [2.45, 2.75) is 40.7 Å². The third kappa shape index (κ3) is 2.74. The van der Waals surface area contributed by atoms with Crippen LogP contribution in [-0.2, 0) is 11.3 Å². The van der Waals surface area contributed by atoms with E-state index >= 15 is 0 Å². The van der Waals surface area contributed by atoms with E-state index in [1.807, 2.05) is 18.7 Å². The molecule has 0 spiro atoms. The molecular weight excluding hydrogens is 240 g/mol. The Hall–Kier alpha value is -1.52. The number of rotatable bonds is 3. The zero-order valence-electron chi connectivity index (χ0n) is 12.3. The Balaban J connectivity index is 2.00. The molecule has 1 unspecified atom stereocenters. The van der Waals surface area contributed by atoms with Crippen LogP contribution in [0.2, 0.25) is 0 Å². The SMILES string of the molecule is Cc1nn(CC(=O)N2CCC(C(C)C)C2)c(C)c1N. The summed E-state index contributed by atoms with van der Waals surface area (Å²) in [4.78, 5) is 14.2. The first-order chi connectivity index (χ1) is 8.90. The Morgan fingerprint density at radius 3 is 2.63 bits per heavy atom. The second-order valence-corrected chi connectivity index (χ2v) is 5.87. The molecular formula is C14H24N4O. The second-order valence-electron chi connectivity index (χ2n) is 5.87. The summed E-state index contributed by atoms with van der Waals surface area (Å²) in [7, 11) is 0. The van der Waals surface area contributed by atoms with E-state index in [1.54, 1.807) is 4.68 Å². The van der Waals surface area contributed by atoms with Crippen LogP contribution in [0.3, 0.4) is 0 Å². The van der Waals surface area contributed by atoms with E-state index in [9.17, 15) is 4.79 Å². The van der Waals surface area contributed by atoms with Crippen LogP contribution in [0.15, 0.2) is 0 Å². The van der Waals surface area contributed by atoms with Crippen LogP contribution in [-0.4, -0.2) is 33.7 Å². The normalized spacial score (nSPS) is 19.4. The largest absolute Gasteiger partial charge is 0.396 e. The fourth-order valence-electron chi connectivity index (χ4n) is 2.65. The number of carbonyl (C=O) groups is 1. The van der Waals surface area contributed by atoms with Gasteiger partial charge in [-0.1, -0.05) is 13.8 Å². The molecule has 1 fully saturated rings. The lowest BCUT2D eigenvalue weighted by Gasteiger charge is -2.18. The number of aromatic nitrogens is 2. The van der Waals surface area contributed by atoms with Gasteiger partial charge in [-0.3, -0.25) is 9.48 Å². The maximum atomic E-state index is 12.3. The van der Waals surface area contributed by atoms with E-state index in [0.717, 1.165) is 30.9 Å². The predicted octanol–water partition coefficient (Wildman–Crippen LogP) is 1.59. The molecule has 2 heterocycles. The number of nitrogen functional groups attached to an aromatic ring is 1. The molecule has 1 aromatic rings. The topological polar surface area (TPSA) is 64.2 Å². The molecule has 0 saturated carbocycles. The van der Waals surface area contributed by atoms with E-state index in [-0.39, 0.29) is 5.91 Å². The fraction of sp³-hybridized carbons (Fsp3) is 0.714. The minimum atomic E-state index is 0.147. The van der Waals surface area contributed by atoms with E-state index in [0.29, 0.717) is 24.1 Å².